The molecule has 2 heteroatoms. The highest BCUT2D eigenvalue weighted by molar-refractivity contribution is 4.88. The van der Waals surface area contributed by atoms with Gasteiger partial charge in [0.05, 0.1) is 0 Å². The van der Waals surface area contributed by atoms with Crippen molar-refractivity contribution < 1.29 is 0 Å². The molecule has 2 nitrogen and oxygen atoms in total. The summed E-state index contributed by atoms with van der Waals surface area (Å²) in [5.74, 6) is 1.81. The van der Waals surface area contributed by atoms with Gasteiger partial charge in [0.25, 0.3) is 0 Å². The zero-order chi connectivity index (χ0) is 6.97. The SMILES string of the molecule is CC1NCC2CNCC1C2. The summed E-state index contributed by atoms with van der Waals surface area (Å²) < 4.78 is 0. The van der Waals surface area contributed by atoms with Crippen LogP contribution in [0.2, 0.25) is 0 Å². The van der Waals surface area contributed by atoms with E-state index in [9.17, 15) is 0 Å². The molecule has 0 aromatic carbocycles. The summed E-state index contributed by atoms with van der Waals surface area (Å²) in [4.78, 5) is 0. The molecule has 0 spiro atoms. The maximum atomic E-state index is 3.54. The first-order valence-corrected chi connectivity index (χ1v) is 4.30. The smallest absolute Gasteiger partial charge is 0.00793 e. The second-order valence-corrected chi connectivity index (χ2v) is 3.72. The molecule has 0 aromatic rings. The molecule has 2 bridgehead atoms. The predicted molar refractivity (Wildman–Crippen MR) is 41.9 cm³/mol. The topological polar surface area (TPSA) is 24.1 Å². The molecule has 2 N–H and O–H groups in total. The van der Waals surface area contributed by atoms with Crippen LogP contribution < -0.4 is 10.6 Å². The van der Waals surface area contributed by atoms with Crippen molar-refractivity contribution >= 4 is 0 Å². The van der Waals surface area contributed by atoms with Crippen LogP contribution in [-0.4, -0.2) is 25.7 Å². The monoisotopic (exact) mass is 140 g/mol. The Hall–Kier alpha value is -0.0800. The van der Waals surface area contributed by atoms with Crippen LogP contribution in [0.5, 0.6) is 0 Å². The molecular formula is C8H16N2. The summed E-state index contributed by atoms with van der Waals surface area (Å²) in [7, 11) is 0. The van der Waals surface area contributed by atoms with Gasteiger partial charge in [0.1, 0.15) is 0 Å². The van der Waals surface area contributed by atoms with Gasteiger partial charge in [-0.25, -0.2) is 0 Å². The van der Waals surface area contributed by atoms with E-state index >= 15 is 0 Å². The number of rotatable bonds is 0. The van der Waals surface area contributed by atoms with E-state index in [4.69, 9.17) is 0 Å². The van der Waals surface area contributed by atoms with Gasteiger partial charge >= 0.3 is 0 Å². The van der Waals surface area contributed by atoms with Gasteiger partial charge in [-0.05, 0) is 44.8 Å². The first-order chi connectivity index (χ1) is 4.86. The molecule has 2 heterocycles. The van der Waals surface area contributed by atoms with Crippen molar-refractivity contribution in [2.75, 3.05) is 19.6 Å². The van der Waals surface area contributed by atoms with E-state index in [1.807, 2.05) is 0 Å². The number of nitrogens with one attached hydrogen (secondary N) is 2. The predicted octanol–water partition coefficient (Wildman–Crippen LogP) is 0.204. The molecule has 3 atom stereocenters. The number of fused-ring (bicyclic) bond motifs is 2. The molecule has 0 saturated carbocycles. The zero-order valence-electron chi connectivity index (χ0n) is 6.56. The van der Waals surface area contributed by atoms with Gasteiger partial charge < -0.3 is 10.6 Å². The Morgan fingerprint density at radius 3 is 2.90 bits per heavy atom. The molecule has 2 saturated heterocycles. The number of hydrogen-bond acceptors (Lipinski definition) is 2. The van der Waals surface area contributed by atoms with Crippen molar-refractivity contribution in [2.45, 2.75) is 19.4 Å². The fourth-order valence-corrected chi connectivity index (χ4v) is 2.12. The summed E-state index contributed by atoms with van der Waals surface area (Å²) in [6.45, 7) is 5.99. The third kappa shape index (κ3) is 1.06. The quantitative estimate of drug-likeness (QED) is 0.502. The minimum absolute atomic E-state index is 0.740. The molecule has 2 rings (SSSR count). The van der Waals surface area contributed by atoms with Crippen LogP contribution in [0, 0.1) is 11.8 Å². The molecule has 0 aromatic heterocycles. The van der Waals surface area contributed by atoms with Crippen LogP contribution >= 0.6 is 0 Å². The van der Waals surface area contributed by atoms with E-state index in [0.717, 1.165) is 17.9 Å². The maximum Gasteiger partial charge on any atom is 0.00793 e. The Morgan fingerprint density at radius 1 is 1.20 bits per heavy atom. The van der Waals surface area contributed by atoms with Gasteiger partial charge in [0.15, 0.2) is 0 Å². The largest absolute Gasteiger partial charge is 0.316 e. The average Bonchev–Trinajstić information content (AvgIpc) is 1.99. The van der Waals surface area contributed by atoms with Crippen LogP contribution in [0.1, 0.15) is 13.3 Å². The highest BCUT2D eigenvalue weighted by atomic mass is 15.0. The second kappa shape index (κ2) is 2.51. The molecule has 3 unspecified atom stereocenters. The molecule has 0 amide bonds. The Balaban J connectivity index is 2.00. The Kier molecular flexibility index (Phi) is 1.66. The molecule has 0 aliphatic carbocycles. The zero-order valence-corrected chi connectivity index (χ0v) is 6.56. The summed E-state index contributed by atoms with van der Waals surface area (Å²) in [5.41, 5.74) is 0. The van der Waals surface area contributed by atoms with Gasteiger partial charge in [-0.1, -0.05) is 0 Å². The van der Waals surface area contributed by atoms with Gasteiger partial charge in [0, 0.05) is 6.04 Å². The van der Waals surface area contributed by atoms with Crippen molar-refractivity contribution in [1.29, 1.82) is 0 Å². The summed E-state index contributed by atoms with van der Waals surface area (Å²) >= 11 is 0. The lowest BCUT2D eigenvalue weighted by atomic mass is 9.82. The molecule has 2 aliphatic heterocycles. The lowest BCUT2D eigenvalue weighted by Crippen LogP contribution is -2.53. The van der Waals surface area contributed by atoms with E-state index < -0.39 is 0 Å². The Morgan fingerprint density at radius 2 is 2.10 bits per heavy atom. The standard InChI is InChI=1S/C8H16N2/c1-6-8-2-7(4-10-6)3-9-5-8/h6-10H,2-5H2,1H3. The van der Waals surface area contributed by atoms with E-state index in [-0.39, 0.29) is 0 Å². The number of hydrogen-bond donors (Lipinski definition) is 2. The van der Waals surface area contributed by atoms with Crippen molar-refractivity contribution in [3.05, 3.63) is 0 Å². The first kappa shape index (κ1) is 6.62. The van der Waals surface area contributed by atoms with E-state index in [2.05, 4.69) is 17.6 Å². The lowest BCUT2D eigenvalue weighted by Gasteiger charge is -2.39. The fourth-order valence-electron chi connectivity index (χ4n) is 2.12. The van der Waals surface area contributed by atoms with Crippen molar-refractivity contribution in [3.63, 3.8) is 0 Å². The lowest BCUT2D eigenvalue weighted by molar-refractivity contribution is 0.179. The van der Waals surface area contributed by atoms with Crippen LogP contribution in [-0.2, 0) is 0 Å². The van der Waals surface area contributed by atoms with Gasteiger partial charge in [0.2, 0.25) is 0 Å². The third-order valence-electron chi connectivity index (χ3n) is 2.91. The molecular weight excluding hydrogens is 124 g/mol. The molecule has 58 valence electrons. The van der Waals surface area contributed by atoms with E-state index in [0.29, 0.717) is 0 Å². The van der Waals surface area contributed by atoms with E-state index in [1.54, 1.807) is 0 Å². The normalized spacial score (nSPS) is 47.1. The van der Waals surface area contributed by atoms with Crippen LogP contribution in [0.15, 0.2) is 0 Å². The highest BCUT2D eigenvalue weighted by Gasteiger charge is 2.29. The van der Waals surface area contributed by atoms with Crippen molar-refractivity contribution in [1.82, 2.24) is 10.6 Å². The van der Waals surface area contributed by atoms with Crippen LogP contribution in [0.3, 0.4) is 0 Å². The molecule has 2 fully saturated rings. The molecule has 2 aliphatic rings. The van der Waals surface area contributed by atoms with Gasteiger partial charge in [-0.15, -0.1) is 0 Å². The third-order valence-corrected chi connectivity index (χ3v) is 2.91. The highest BCUT2D eigenvalue weighted by Crippen LogP contribution is 2.23. The molecule has 10 heavy (non-hydrogen) atoms. The first-order valence-electron chi connectivity index (χ1n) is 4.30. The summed E-state index contributed by atoms with van der Waals surface area (Å²) in [6.07, 6.45) is 1.45. The average molecular weight is 140 g/mol. The van der Waals surface area contributed by atoms with Crippen LogP contribution in [0.4, 0.5) is 0 Å². The fraction of sp³-hybridized carbons (Fsp3) is 1.00. The molecule has 0 radical (unpaired) electrons. The number of piperidine rings is 2. The summed E-state index contributed by atoms with van der Waals surface area (Å²) in [5, 5.41) is 7.02. The van der Waals surface area contributed by atoms with Gasteiger partial charge in [-0.2, -0.15) is 0 Å². The Labute approximate surface area is 62.4 Å². The van der Waals surface area contributed by atoms with Crippen LogP contribution in [0.25, 0.3) is 0 Å². The van der Waals surface area contributed by atoms with Crippen molar-refractivity contribution in [3.8, 4) is 0 Å². The Bertz CT molecular complexity index is 122. The minimum atomic E-state index is 0.740. The van der Waals surface area contributed by atoms with Crippen molar-refractivity contribution in [2.24, 2.45) is 11.8 Å². The minimum Gasteiger partial charge on any atom is -0.316 e. The van der Waals surface area contributed by atoms with Gasteiger partial charge in [-0.3, -0.25) is 0 Å². The summed E-state index contributed by atoms with van der Waals surface area (Å²) in [6, 6.07) is 0.740. The van der Waals surface area contributed by atoms with E-state index in [1.165, 1.54) is 26.1 Å². The second-order valence-electron chi connectivity index (χ2n) is 3.72. The maximum absolute atomic E-state index is 3.54.